The van der Waals surface area contributed by atoms with Crippen molar-refractivity contribution in [2.75, 3.05) is 7.11 Å². The Morgan fingerprint density at radius 2 is 2.11 bits per heavy atom. The van der Waals surface area contributed by atoms with Crippen LogP contribution < -0.4 is 10.5 Å². The zero-order valence-electron chi connectivity index (χ0n) is 12.0. The average Bonchev–Trinajstić information content (AvgIpc) is 2.64. The van der Waals surface area contributed by atoms with Gasteiger partial charge in [0.05, 0.1) is 13.2 Å². The number of nitrogens with zero attached hydrogens (tertiary/aromatic N) is 1. The maximum Gasteiger partial charge on any atom is 0.225 e. The Morgan fingerprint density at radius 3 is 2.63 bits per heavy atom. The van der Waals surface area contributed by atoms with Crippen molar-refractivity contribution in [3.63, 3.8) is 0 Å². The Balaban J connectivity index is 2.38. The third kappa shape index (κ3) is 2.45. The fraction of sp³-hybridized carbons (Fsp3) is 0.533. The molecule has 0 bridgehead atoms. The molecule has 1 aromatic carbocycles. The Bertz CT molecular complexity index is 485. The third-order valence-electron chi connectivity index (χ3n) is 3.72. The molecule has 1 saturated heterocycles. The largest absolute Gasteiger partial charge is 0.496 e. The van der Waals surface area contributed by atoms with Gasteiger partial charge in [0.1, 0.15) is 5.75 Å². The molecule has 104 valence electrons. The quantitative estimate of drug-likeness (QED) is 0.906. The van der Waals surface area contributed by atoms with Crippen LogP contribution in [0.25, 0.3) is 0 Å². The number of rotatable bonds is 3. The van der Waals surface area contributed by atoms with Crippen LogP contribution in [0.1, 0.15) is 37.4 Å². The monoisotopic (exact) mass is 262 g/mol. The molecule has 2 N–H and O–H groups in total. The molecule has 1 aliphatic heterocycles. The lowest BCUT2D eigenvalue weighted by Gasteiger charge is -2.31. The number of ether oxygens (including phenoxy) is 1. The van der Waals surface area contributed by atoms with Crippen LogP contribution in [0.5, 0.6) is 5.75 Å². The van der Waals surface area contributed by atoms with Crippen LogP contribution in [0.4, 0.5) is 0 Å². The number of hydrogen-bond donors (Lipinski definition) is 1. The summed E-state index contributed by atoms with van der Waals surface area (Å²) in [6.45, 7) is 6.06. The van der Waals surface area contributed by atoms with Gasteiger partial charge in [0.15, 0.2) is 0 Å². The highest BCUT2D eigenvalue weighted by Gasteiger charge is 2.39. The highest BCUT2D eigenvalue weighted by Crippen LogP contribution is 2.35. The molecule has 1 aromatic rings. The van der Waals surface area contributed by atoms with Gasteiger partial charge in [-0.1, -0.05) is 12.1 Å². The van der Waals surface area contributed by atoms with E-state index in [2.05, 4.69) is 6.07 Å². The lowest BCUT2D eigenvalue weighted by atomic mass is 9.98. The van der Waals surface area contributed by atoms with Gasteiger partial charge in [0.2, 0.25) is 5.91 Å². The normalized spacial score (nSPS) is 23.3. The first-order chi connectivity index (χ1) is 8.95. The van der Waals surface area contributed by atoms with Crippen LogP contribution in [0.2, 0.25) is 0 Å². The summed E-state index contributed by atoms with van der Waals surface area (Å²) in [5.74, 6) is 0.999. The summed E-state index contributed by atoms with van der Waals surface area (Å²) in [4.78, 5) is 13.9. The van der Waals surface area contributed by atoms with E-state index in [4.69, 9.17) is 10.5 Å². The number of benzene rings is 1. The SMILES string of the molecule is COc1ccc(C2C(N)CC(=O)N2C(C)C)cc1C. The van der Waals surface area contributed by atoms with E-state index >= 15 is 0 Å². The maximum absolute atomic E-state index is 12.0. The number of hydrogen-bond acceptors (Lipinski definition) is 3. The Kier molecular flexibility index (Phi) is 3.80. The predicted octanol–water partition coefficient (Wildman–Crippen LogP) is 2.01. The summed E-state index contributed by atoms with van der Waals surface area (Å²) < 4.78 is 5.27. The lowest BCUT2D eigenvalue weighted by molar-refractivity contribution is -0.130. The van der Waals surface area contributed by atoms with Gasteiger partial charge in [-0.2, -0.15) is 0 Å². The molecule has 1 aliphatic rings. The van der Waals surface area contributed by atoms with Crippen LogP contribution in [-0.4, -0.2) is 30.0 Å². The van der Waals surface area contributed by atoms with Crippen molar-refractivity contribution in [2.24, 2.45) is 5.73 Å². The molecule has 2 unspecified atom stereocenters. The second-order valence-electron chi connectivity index (χ2n) is 5.44. The minimum absolute atomic E-state index is 0.0305. The molecule has 0 aliphatic carbocycles. The summed E-state index contributed by atoms with van der Waals surface area (Å²) >= 11 is 0. The van der Waals surface area contributed by atoms with Crippen molar-refractivity contribution in [1.29, 1.82) is 0 Å². The van der Waals surface area contributed by atoms with Crippen molar-refractivity contribution < 1.29 is 9.53 Å². The van der Waals surface area contributed by atoms with Crippen molar-refractivity contribution in [3.05, 3.63) is 29.3 Å². The number of carbonyl (C=O) groups excluding carboxylic acids is 1. The Morgan fingerprint density at radius 1 is 1.42 bits per heavy atom. The molecule has 0 radical (unpaired) electrons. The van der Waals surface area contributed by atoms with Gasteiger partial charge in [-0.05, 0) is 38.0 Å². The smallest absolute Gasteiger partial charge is 0.225 e. The highest BCUT2D eigenvalue weighted by atomic mass is 16.5. The van der Waals surface area contributed by atoms with Crippen molar-refractivity contribution in [1.82, 2.24) is 4.90 Å². The maximum atomic E-state index is 12.0. The van der Waals surface area contributed by atoms with Crippen LogP contribution >= 0.6 is 0 Å². The number of carbonyl (C=O) groups is 1. The number of nitrogens with two attached hydrogens (primary N) is 1. The van der Waals surface area contributed by atoms with E-state index in [9.17, 15) is 4.79 Å². The molecule has 0 aromatic heterocycles. The van der Waals surface area contributed by atoms with Gasteiger partial charge in [-0.3, -0.25) is 4.79 Å². The van der Waals surface area contributed by atoms with Gasteiger partial charge in [0, 0.05) is 18.5 Å². The van der Waals surface area contributed by atoms with Crippen LogP contribution in [0.3, 0.4) is 0 Å². The molecule has 1 heterocycles. The summed E-state index contributed by atoms with van der Waals surface area (Å²) in [7, 11) is 1.66. The summed E-state index contributed by atoms with van der Waals surface area (Å²) in [5.41, 5.74) is 8.31. The van der Waals surface area contributed by atoms with Crippen molar-refractivity contribution in [3.8, 4) is 5.75 Å². The molecule has 0 spiro atoms. The van der Waals surface area contributed by atoms with Crippen LogP contribution in [-0.2, 0) is 4.79 Å². The molecule has 19 heavy (non-hydrogen) atoms. The lowest BCUT2D eigenvalue weighted by Crippen LogP contribution is -2.37. The summed E-state index contributed by atoms with van der Waals surface area (Å²) in [6, 6.07) is 6.01. The van der Waals surface area contributed by atoms with E-state index in [1.807, 2.05) is 37.8 Å². The van der Waals surface area contributed by atoms with E-state index < -0.39 is 0 Å². The molecule has 4 heteroatoms. The van der Waals surface area contributed by atoms with Crippen LogP contribution in [0, 0.1) is 6.92 Å². The molecule has 1 amide bonds. The molecule has 0 saturated carbocycles. The second-order valence-corrected chi connectivity index (χ2v) is 5.44. The Hall–Kier alpha value is -1.55. The summed E-state index contributed by atoms with van der Waals surface area (Å²) in [5, 5.41) is 0. The van der Waals surface area contributed by atoms with Crippen LogP contribution in [0.15, 0.2) is 18.2 Å². The highest BCUT2D eigenvalue weighted by molar-refractivity contribution is 5.80. The second kappa shape index (κ2) is 5.21. The fourth-order valence-electron chi connectivity index (χ4n) is 2.88. The van der Waals surface area contributed by atoms with Gasteiger partial charge < -0.3 is 15.4 Å². The average molecular weight is 262 g/mol. The molecular weight excluding hydrogens is 240 g/mol. The molecular formula is C15H22N2O2. The minimum atomic E-state index is -0.136. The zero-order valence-corrected chi connectivity index (χ0v) is 12.0. The van der Waals surface area contributed by atoms with Gasteiger partial charge in [-0.15, -0.1) is 0 Å². The van der Waals surface area contributed by atoms with E-state index in [0.29, 0.717) is 6.42 Å². The topological polar surface area (TPSA) is 55.6 Å². The fourth-order valence-corrected chi connectivity index (χ4v) is 2.88. The van der Waals surface area contributed by atoms with Gasteiger partial charge in [0.25, 0.3) is 0 Å². The van der Waals surface area contributed by atoms with E-state index in [-0.39, 0.29) is 24.0 Å². The molecule has 2 rings (SSSR count). The van der Waals surface area contributed by atoms with Gasteiger partial charge >= 0.3 is 0 Å². The standard InChI is InChI=1S/C15H22N2O2/c1-9(2)17-14(18)8-12(16)15(17)11-5-6-13(19-4)10(3)7-11/h5-7,9,12,15H,8,16H2,1-4H3. The van der Waals surface area contributed by atoms with E-state index in [0.717, 1.165) is 16.9 Å². The molecule has 2 atom stereocenters. The minimum Gasteiger partial charge on any atom is -0.496 e. The number of likely N-dealkylation sites (tertiary alicyclic amines) is 1. The first-order valence-electron chi connectivity index (χ1n) is 6.67. The first-order valence-corrected chi connectivity index (χ1v) is 6.67. The van der Waals surface area contributed by atoms with Crippen molar-refractivity contribution in [2.45, 2.75) is 45.3 Å². The van der Waals surface area contributed by atoms with Gasteiger partial charge in [-0.25, -0.2) is 0 Å². The molecule has 4 nitrogen and oxygen atoms in total. The van der Waals surface area contributed by atoms with Crippen molar-refractivity contribution >= 4 is 5.91 Å². The first kappa shape index (κ1) is 13.9. The predicted molar refractivity (Wildman–Crippen MR) is 75.0 cm³/mol. The van der Waals surface area contributed by atoms with E-state index in [1.54, 1.807) is 7.11 Å². The molecule has 1 fully saturated rings. The third-order valence-corrected chi connectivity index (χ3v) is 3.72. The number of aryl methyl sites for hydroxylation is 1. The number of amides is 1. The zero-order chi connectivity index (χ0) is 14.2. The Labute approximate surface area is 114 Å². The number of methoxy groups -OCH3 is 1. The van der Waals surface area contributed by atoms with E-state index in [1.165, 1.54) is 0 Å². The summed E-state index contributed by atoms with van der Waals surface area (Å²) in [6.07, 6.45) is 0.425.